The Morgan fingerprint density at radius 3 is 1.50 bits per heavy atom. The van der Waals surface area contributed by atoms with Gasteiger partial charge in [-0.2, -0.15) is 0 Å². The molecule has 0 fully saturated rings. The molecule has 0 heterocycles. The third-order valence-corrected chi connectivity index (χ3v) is 3.37. The molecule has 0 aliphatic carbocycles. The number of rotatable bonds is 4. The zero-order valence-corrected chi connectivity index (χ0v) is 13.1. The van der Waals surface area contributed by atoms with Crippen molar-refractivity contribution in [2.75, 3.05) is 14.2 Å². The second kappa shape index (κ2) is 7.32. The van der Waals surface area contributed by atoms with Gasteiger partial charge in [0.25, 0.3) is 0 Å². The van der Waals surface area contributed by atoms with E-state index < -0.39 is 11.9 Å². The molecule has 0 unspecified atom stereocenters. The molecule has 2 N–H and O–H groups in total. The maximum atomic E-state index is 11.8. The summed E-state index contributed by atoms with van der Waals surface area (Å²) < 4.78 is 9.32. The third-order valence-electron chi connectivity index (χ3n) is 3.37. The molecule has 24 heavy (non-hydrogen) atoms. The van der Waals surface area contributed by atoms with Crippen molar-refractivity contribution in [3.05, 3.63) is 58.7 Å². The van der Waals surface area contributed by atoms with E-state index in [0.29, 0.717) is 11.1 Å². The Hall–Kier alpha value is -3.28. The van der Waals surface area contributed by atoms with Crippen molar-refractivity contribution in [3.63, 3.8) is 0 Å². The van der Waals surface area contributed by atoms with E-state index in [2.05, 4.69) is 9.47 Å². The molecule has 0 radical (unpaired) electrons. The van der Waals surface area contributed by atoms with Crippen LogP contribution in [0, 0.1) is 0 Å². The number of benzene rings is 2. The largest absolute Gasteiger partial charge is 0.507 e. The standard InChI is InChI=1S/C18H16O6/c1-23-17(21)15-11(5-3-7-13(15)19)9-10-12-6-4-8-14(20)16(12)18(22)24-2/h3-10,19-20H,1-2H3/b10-9+. The van der Waals surface area contributed by atoms with Gasteiger partial charge in [0, 0.05) is 0 Å². The van der Waals surface area contributed by atoms with E-state index in [0.717, 1.165) is 0 Å². The Bertz CT molecular complexity index is 740. The first-order valence-corrected chi connectivity index (χ1v) is 6.98. The van der Waals surface area contributed by atoms with Crippen LogP contribution in [0.1, 0.15) is 31.8 Å². The lowest BCUT2D eigenvalue weighted by Crippen LogP contribution is -2.05. The van der Waals surface area contributed by atoms with Crippen molar-refractivity contribution in [3.8, 4) is 11.5 Å². The van der Waals surface area contributed by atoms with Crippen LogP contribution in [0.4, 0.5) is 0 Å². The van der Waals surface area contributed by atoms with Crippen LogP contribution >= 0.6 is 0 Å². The highest BCUT2D eigenvalue weighted by atomic mass is 16.5. The SMILES string of the molecule is COC(=O)c1c(O)cccc1/C=C/c1cccc(O)c1C(=O)OC. The van der Waals surface area contributed by atoms with E-state index in [1.54, 1.807) is 24.3 Å². The number of carbonyl (C=O) groups excluding carboxylic acids is 2. The second-order valence-electron chi connectivity index (χ2n) is 4.80. The topological polar surface area (TPSA) is 93.1 Å². The first-order valence-electron chi connectivity index (χ1n) is 6.98. The first kappa shape index (κ1) is 17.1. The summed E-state index contributed by atoms with van der Waals surface area (Å²) in [6, 6.07) is 9.12. The highest BCUT2D eigenvalue weighted by molar-refractivity contribution is 6.00. The third kappa shape index (κ3) is 3.38. The van der Waals surface area contributed by atoms with Gasteiger partial charge in [0.15, 0.2) is 0 Å². The lowest BCUT2D eigenvalue weighted by molar-refractivity contribution is 0.0587. The van der Waals surface area contributed by atoms with Crippen molar-refractivity contribution in [1.82, 2.24) is 0 Å². The molecule has 0 aromatic heterocycles. The van der Waals surface area contributed by atoms with Gasteiger partial charge in [-0.05, 0) is 23.3 Å². The Balaban J connectivity index is 2.51. The average molecular weight is 328 g/mol. The molecule has 2 aromatic carbocycles. The van der Waals surface area contributed by atoms with Gasteiger partial charge >= 0.3 is 11.9 Å². The summed E-state index contributed by atoms with van der Waals surface area (Å²) in [6.45, 7) is 0. The van der Waals surface area contributed by atoms with Gasteiger partial charge in [0.2, 0.25) is 0 Å². The summed E-state index contributed by atoms with van der Waals surface area (Å²) in [6.07, 6.45) is 3.07. The van der Waals surface area contributed by atoms with Crippen LogP contribution in [-0.4, -0.2) is 36.4 Å². The maximum Gasteiger partial charge on any atom is 0.342 e. The van der Waals surface area contributed by atoms with Crippen LogP contribution < -0.4 is 0 Å². The molecule has 6 heteroatoms. The molecular formula is C18H16O6. The number of methoxy groups -OCH3 is 2. The van der Waals surface area contributed by atoms with Crippen molar-refractivity contribution in [2.24, 2.45) is 0 Å². The molecule has 0 amide bonds. The Kier molecular flexibility index (Phi) is 5.21. The molecule has 0 saturated carbocycles. The minimum atomic E-state index is -0.683. The van der Waals surface area contributed by atoms with Gasteiger partial charge in [0.05, 0.1) is 14.2 Å². The van der Waals surface area contributed by atoms with E-state index in [1.165, 1.54) is 38.5 Å². The number of phenolic OH excluding ortho intramolecular Hbond substituents is 2. The number of hydrogen-bond acceptors (Lipinski definition) is 6. The molecule has 0 spiro atoms. The Morgan fingerprint density at radius 2 is 1.17 bits per heavy atom. The second-order valence-corrected chi connectivity index (χ2v) is 4.80. The molecule has 2 aromatic rings. The van der Waals surface area contributed by atoms with Crippen LogP contribution in [0.2, 0.25) is 0 Å². The fourth-order valence-corrected chi connectivity index (χ4v) is 2.22. The van der Waals surface area contributed by atoms with Crippen LogP contribution in [0.3, 0.4) is 0 Å². The summed E-state index contributed by atoms with van der Waals surface area (Å²) in [5.41, 5.74) is 0.828. The maximum absolute atomic E-state index is 11.8. The van der Waals surface area contributed by atoms with Crippen LogP contribution in [-0.2, 0) is 9.47 Å². The van der Waals surface area contributed by atoms with Crippen molar-refractivity contribution in [1.29, 1.82) is 0 Å². The first-order chi connectivity index (χ1) is 11.5. The normalized spacial score (nSPS) is 10.6. The van der Waals surface area contributed by atoms with E-state index in [9.17, 15) is 19.8 Å². The number of carbonyl (C=O) groups is 2. The number of hydrogen-bond donors (Lipinski definition) is 2. The van der Waals surface area contributed by atoms with E-state index in [4.69, 9.17) is 0 Å². The fraction of sp³-hybridized carbons (Fsp3) is 0.111. The predicted molar refractivity (Wildman–Crippen MR) is 87.8 cm³/mol. The highest BCUT2D eigenvalue weighted by Gasteiger charge is 2.17. The van der Waals surface area contributed by atoms with Gasteiger partial charge < -0.3 is 19.7 Å². The van der Waals surface area contributed by atoms with Crippen LogP contribution in [0.15, 0.2) is 36.4 Å². The van der Waals surface area contributed by atoms with E-state index >= 15 is 0 Å². The summed E-state index contributed by atoms with van der Waals surface area (Å²) in [4.78, 5) is 23.6. The van der Waals surface area contributed by atoms with Gasteiger partial charge in [-0.3, -0.25) is 0 Å². The summed E-state index contributed by atoms with van der Waals surface area (Å²) in [5, 5.41) is 19.7. The quantitative estimate of drug-likeness (QED) is 0.662. The fourth-order valence-electron chi connectivity index (χ4n) is 2.22. The summed E-state index contributed by atoms with van der Waals surface area (Å²) >= 11 is 0. The van der Waals surface area contributed by atoms with Crippen LogP contribution in [0.25, 0.3) is 12.2 Å². The lowest BCUT2D eigenvalue weighted by atomic mass is 10.0. The minimum absolute atomic E-state index is 0.0102. The average Bonchev–Trinajstić information content (AvgIpc) is 2.58. The number of ether oxygens (including phenoxy) is 2. The minimum Gasteiger partial charge on any atom is -0.507 e. The van der Waals surface area contributed by atoms with Gasteiger partial charge in [-0.15, -0.1) is 0 Å². The van der Waals surface area contributed by atoms with Crippen molar-refractivity contribution in [2.45, 2.75) is 0 Å². The molecule has 0 saturated heterocycles. The molecule has 0 bridgehead atoms. The lowest BCUT2D eigenvalue weighted by Gasteiger charge is -2.08. The van der Waals surface area contributed by atoms with Gasteiger partial charge in [0.1, 0.15) is 22.6 Å². The predicted octanol–water partition coefficient (Wildman–Crippen LogP) is 2.84. The van der Waals surface area contributed by atoms with E-state index in [1.807, 2.05) is 0 Å². The highest BCUT2D eigenvalue weighted by Crippen LogP contribution is 2.26. The molecule has 2 rings (SSSR count). The zero-order chi connectivity index (χ0) is 17.7. The molecule has 0 aliphatic rings. The van der Waals surface area contributed by atoms with Crippen LogP contribution in [0.5, 0.6) is 11.5 Å². The smallest absolute Gasteiger partial charge is 0.342 e. The van der Waals surface area contributed by atoms with Gasteiger partial charge in [-0.25, -0.2) is 9.59 Å². The number of esters is 2. The Morgan fingerprint density at radius 1 is 0.792 bits per heavy atom. The number of phenols is 2. The number of aromatic hydroxyl groups is 2. The molecule has 0 atom stereocenters. The monoisotopic (exact) mass is 328 g/mol. The van der Waals surface area contributed by atoms with Gasteiger partial charge in [-0.1, -0.05) is 36.4 Å². The molecule has 124 valence electrons. The molecule has 0 aliphatic heterocycles. The van der Waals surface area contributed by atoms with Crippen molar-refractivity contribution >= 4 is 24.1 Å². The van der Waals surface area contributed by atoms with Crippen molar-refractivity contribution < 1.29 is 29.3 Å². The van der Waals surface area contributed by atoms with E-state index in [-0.39, 0.29) is 22.6 Å². The summed E-state index contributed by atoms with van der Waals surface area (Å²) in [7, 11) is 2.43. The zero-order valence-electron chi connectivity index (χ0n) is 13.1. The Labute approximate surface area is 138 Å². The molecule has 6 nitrogen and oxygen atoms in total. The summed E-state index contributed by atoms with van der Waals surface area (Å²) in [5.74, 6) is -1.80. The molecular weight excluding hydrogens is 312 g/mol.